The van der Waals surface area contributed by atoms with Crippen molar-refractivity contribution in [2.75, 3.05) is 0 Å². The Hall–Kier alpha value is 0.0300. The maximum absolute atomic E-state index is 6.55. The minimum atomic E-state index is 0.438. The van der Waals surface area contributed by atoms with Gasteiger partial charge in [0.25, 0.3) is 0 Å². The summed E-state index contributed by atoms with van der Waals surface area (Å²) in [6.45, 7) is 5.01. The van der Waals surface area contributed by atoms with Crippen LogP contribution in [0.5, 0.6) is 0 Å². The highest BCUT2D eigenvalue weighted by Gasteiger charge is 2.67. The van der Waals surface area contributed by atoms with Gasteiger partial charge in [0.15, 0.2) is 0 Å². The molecule has 9 unspecified atom stereocenters. The third kappa shape index (κ3) is 1.72. The van der Waals surface area contributed by atoms with Crippen LogP contribution < -0.4 is 0 Å². The van der Waals surface area contributed by atoms with Crippen LogP contribution >= 0.6 is 11.6 Å². The molecule has 122 valence electrons. The van der Waals surface area contributed by atoms with Gasteiger partial charge in [0.1, 0.15) is 0 Å². The standard InChI is InChI=1S/C21H31Cl/c1-3-13-8-19-17(18-6-4-12(2)20(13)18)7-5-14-9-16(22)10-15-11-21(14,15)19/h5,12-13,15-20H,3-4,6-11H2,1-2H3. The molecule has 5 aliphatic rings. The summed E-state index contributed by atoms with van der Waals surface area (Å²) in [7, 11) is 0. The van der Waals surface area contributed by atoms with Gasteiger partial charge in [0, 0.05) is 5.38 Å². The quantitative estimate of drug-likeness (QED) is 0.408. The number of rotatable bonds is 1. The van der Waals surface area contributed by atoms with Gasteiger partial charge in [-0.1, -0.05) is 38.3 Å². The van der Waals surface area contributed by atoms with E-state index in [2.05, 4.69) is 19.9 Å². The molecule has 0 aromatic rings. The Morgan fingerprint density at radius 1 is 1.23 bits per heavy atom. The van der Waals surface area contributed by atoms with Crippen molar-refractivity contribution in [3.63, 3.8) is 0 Å². The van der Waals surface area contributed by atoms with Crippen LogP contribution in [0.25, 0.3) is 0 Å². The summed E-state index contributed by atoms with van der Waals surface area (Å²) < 4.78 is 0. The lowest BCUT2D eigenvalue weighted by Gasteiger charge is -2.53. The number of alkyl halides is 1. The van der Waals surface area contributed by atoms with Crippen molar-refractivity contribution >= 4 is 11.6 Å². The highest BCUT2D eigenvalue weighted by atomic mass is 35.5. The molecule has 0 N–H and O–H groups in total. The van der Waals surface area contributed by atoms with Crippen molar-refractivity contribution in [3.8, 4) is 0 Å². The molecule has 22 heavy (non-hydrogen) atoms. The van der Waals surface area contributed by atoms with Crippen LogP contribution in [-0.4, -0.2) is 5.38 Å². The third-order valence-electron chi connectivity index (χ3n) is 8.83. The van der Waals surface area contributed by atoms with E-state index in [1.807, 2.05) is 5.57 Å². The molecule has 0 heterocycles. The summed E-state index contributed by atoms with van der Waals surface area (Å²) in [5.41, 5.74) is 2.46. The fourth-order valence-electron chi connectivity index (χ4n) is 8.00. The maximum atomic E-state index is 6.55. The van der Waals surface area contributed by atoms with Gasteiger partial charge in [-0.2, -0.15) is 0 Å². The SMILES string of the molecule is CCC1CC2C(CC=C3CC(Cl)CC4CC342)C2CCC(C)C12. The summed E-state index contributed by atoms with van der Waals surface area (Å²) in [6.07, 6.45) is 14.1. The molecular formula is C21H31Cl. The average Bonchev–Trinajstić information content (AvgIpc) is 3.10. The van der Waals surface area contributed by atoms with Gasteiger partial charge in [-0.25, -0.2) is 0 Å². The van der Waals surface area contributed by atoms with Gasteiger partial charge in [-0.05, 0) is 85.4 Å². The molecule has 5 aliphatic carbocycles. The van der Waals surface area contributed by atoms with Gasteiger partial charge in [-0.15, -0.1) is 11.6 Å². The predicted octanol–water partition coefficient (Wildman–Crippen LogP) is 6.05. The summed E-state index contributed by atoms with van der Waals surface area (Å²) in [5, 5.41) is 0.438. The first kappa shape index (κ1) is 14.4. The van der Waals surface area contributed by atoms with E-state index in [0.29, 0.717) is 10.8 Å². The van der Waals surface area contributed by atoms with Crippen LogP contribution in [0, 0.1) is 46.8 Å². The predicted molar refractivity (Wildman–Crippen MR) is 92.9 cm³/mol. The molecule has 5 rings (SSSR count). The van der Waals surface area contributed by atoms with Gasteiger partial charge >= 0.3 is 0 Å². The van der Waals surface area contributed by atoms with Gasteiger partial charge in [0.2, 0.25) is 0 Å². The maximum Gasteiger partial charge on any atom is 0.0376 e. The Balaban J connectivity index is 1.52. The van der Waals surface area contributed by atoms with Gasteiger partial charge in [-0.3, -0.25) is 0 Å². The van der Waals surface area contributed by atoms with Crippen molar-refractivity contribution < 1.29 is 0 Å². The first-order chi connectivity index (χ1) is 10.6. The Morgan fingerprint density at radius 2 is 2.09 bits per heavy atom. The minimum absolute atomic E-state index is 0.438. The summed E-state index contributed by atoms with van der Waals surface area (Å²) in [5.74, 6) is 7.13. The highest BCUT2D eigenvalue weighted by Crippen LogP contribution is 2.75. The molecule has 0 nitrogen and oxygen atoms in total. The van der Waals surface area contributed by atoms with Crippen molar-refractivity contribution in [2.24, 2.45) is 46.8 Å². The lowest BCUT2D eigenvalue weighted by atomic mass is 9.52. The van der Waals surface area contributed by atoms with Crippen molar-refractivity contribution in [1.82, 2.24) is 0 Å². The minimum Gasteiger partial charge on any atom is -0.123 e. The second-order valence-electron chi connectivity index (χ2n) is 9.41. The summed E-state index contributed by atoms with van der Waals surface area (Å²) >= 11 is 6.55. The molecule has 0 saturated heterocycles. The fourth-order valence-corrected chi connectivity index (χ4v) is 8.38. The fraction of sp³-hybridized carbons (Fsp3) is 0.905. The van der Waals surface area contributed by atoms with E-state index in [-0.39, 0.29) is 0 Å². The first-order valence-electron chi connectivity index (χ1n) is 9.98. The molecule has 0 aromatic heterocycles. The zero-order valence-corrected chi connectivity index (χ0v) is 15.0. The molecule has 0 radical (unpaired) electrons. The van der Waals surface area contributed by atoms with Gasteiger partial charge in [0.05, 0.1) is 0 Å². The number of halogens is 1. The monoisotopic (exact) mass is 318 g/mol. The summed E-state index contributed by atoms with van der Waals surface area (Å²) in [4.78, 5) is 0. The van der Waals surface area contributed by atoms with Crippen LogP contribution in [0.2, 0.25) is 0 Å². The second-order valence-corrected chi connectivity index (χ2v) is 10.0. The third-order valence-corrected chi connectivity index (χ3v) is 9.16. The molecule has 4 fully saturated rings. The van der Waals surface area contributed by atoms with Crippen LogP contribution in [0.1, 0.15) is 65.2 Å². The molecule has 0 amide bonds. The van der Waals surface area contributed by atoms with Crippen molar-refractivity contribution in [1.29, 1.82) is 0 Å². The van der Waals surface area contributed by atoms with Crippen LogP contribution in [0.3, 0.4) is 0 Å². The Bertz CT molecular complexity index is 508. The Kier molecular flexibility index (Phi) is 3.12. The topological polar surface area (TPSA) is 0 Å². The molecule has 9 atom stereocenters. The number of hydrogen-bond acceptors (Lipinski definition) is 0. The molecule has 4 saturated carbocycles. The zero-order valence-electron chi connectivity index (χ0n) is 14.2. The molecule has 1 spiro atoms. The lowest BCUT2D eigenvalue weighted by Crippen LogP contribution is -2.46. The van der Waals surface area contributed by atoms with Gasteiger partial charge < -0.3 is 0 Å². The first-order valence-corrected chi connectivity index (χ1v) is 10.4. The molecule has 0 bridgehead atoms. The number of hydrogen-bond donors (Lipinski definition) is 0. The Morgan fingerprint density at radius 3 is 2.91 bits per heavy atom. The van der Waals surface area contributed by atoms with E-state index >= 15 is 0 Å². The number of allylic oxidation sites excluding steroid dienone is 2. The Labute approximate surface area is 141 Å². The van der Waals surface area contributed by atoms with E-state index < -0.39 is 0 Å². The van der Waals surface area contributed by atoms with Crippen LogP contribution in [0.15, 0.2) is 11.6 Å². The molecule has 0 aliphatic heterocycles. The van der Waals surface area contributed by atoms with E-state index in [1.54, 1.807) is 6.42 Å². The van der Waals surface area contributed by atoms with E-state index in [4.69, 9.17) is 11.6 Å². The van der Waals surface area contributed by atoms with Crippen LogP contribution in [-0.2, 0) is 0 Å². The molecular weight excluding hydrogens is 288 g/mol. The second kappa shape index (κ2) is 4.78. The van der Waals surface area contributed by atoms with E-state index in [0.717, 1.165) is 41.4 Å². The molecule has 1 heteroatoms. The highest BCUT2D eigenvalue weighted by molar-refractivity contribution is 6.20. The van der Waals surface area contributed by atoms with Crippen LogP contribution in [0.4, 0.5) is 0 Å². The van der Waals surface area contributed by atoms with E-state index in [1.165, 1.54) is 44.9 Å². The average molecular weight is 319 g/mol. The van der Waals surface area contributed by atoms with Crippen molar-refractivity contribution in [2.45, 2.75) is 70.6 Å². The zero-order chi connectivity index (χ0) is 15.1. The lowest BCUT2D eigenvalue weighted by molar-refractivity contribution is -0.00268. The smallest absolute Gasteiger partial charge is 0.0376 e. The summed E-state index contributed by atoms with van der Waals surface area (Å²) in [6, 6.07) is 0. The number of fused-ring (bicyclic) bond motifs is 3. The largest absolute Gasteiger partial charge is 0.123 e. The van der Waals surface area contributed by atoms with E-state index in [9.17, 15) is 0 Å². The molecule has 0 aromatic carbocycles. The normalized spacial score (nSPS) is 59.0. The van der Waals surface area contributed by atoms with Crippen molar-refractivity contribution in [3.05, 3.63) is 11.6 Å².